The molecular weight excluding hydrogens is 360 g/mol. The van der Waals surface area contributed by atoms with E-state index in [1.54, 1.807) is 0 Å². The lowest BCUT2D eigenvalue weighted by molar-refractivity contribution is -0.315. The monoisotopic (exact) mass is 395 g/mol. The Balaban J connectivity index is 1.85. The molecular formula is C22H35O6-. The van der Waals surface area contributed by atoms with Gasteiger partial charge in [-0.2, -0.15) is 0 Å². The van der Waals surface area contributed by atoms with Crippen LogP contribution >= 0.6 is 0 Å². The number of hydrogen-bond donors (Lipinski definition) is 0. The molecule has 6 heteroatoms. The van der Waals surface area contributed by atoms with Crippen LogP contribution in [0.3, 0.4) is 0 Å². The van der Waals surface area contributed by atoms with Gasteiger partial charge in [0.1, 0.15) is 6.10 Å². The summed E-state index contributed by atoms with van der Waals surface area (Å²) in [7, 11) is 0. The number of carboxylic acid groups (broad SMARTS) is 1. The van der Waals surface area contributed by atoms with Crippen LogP contribution in [-0.2, 0) is 23.8 Å². The number of carbonyl (C=O) groups excluding carboxylic acids is 2. The summed E-state index contributed by atoms with van der Waals surface area (Å²) in [4.78, 5) is 22.4. The van der Waals surface area contributed by atoms with Gasteiger partial charge >= 0.3 is 5.97 Å². The molecule has 2 aliphatic rings. The molecule has 2 bridgehead atoms. The van der Waals surface area contributed by atoms with Gasteiger partial charge in [0.2, 0.25) is 0 Å². The Kier molecular flexibility index (Phi) is 7.68. The molecule has 0 N–H and O–H groups in total. The Morgan fingerprint density at radius 2 is 2.04 bits per heavy atom. The van der Waals surface area contributed by atoms with Crippen molar-refractivity contribution in [3.63, 3.8) is 0 Å². The zero-order valence-corrected chi connectivity index (χ0v) is 17.8. The first-order chi connectivity index (χ1) is 13.1. The lowest BCUT2D eigenvalue weighted by atomic mass is 9.87. The van der Waals surface area contributed by atoms with Crippen molar-refractivity contribution < 1.29 is 28.9 Å². The maximum Gasteiger partial charge on any atom is 0.302 e. The highest BCUT2D eigenvalue weighted by Gasteiger charge is 2.53. The minimum atomic E-state index is -1.09. The molecule has 0 aromatic carbocycles. The summed E-state index contributed by atoms with van der Waals surface area (Å²) in [6.07, 6.45) is 5.54. The fraction of sp³-hybridized carbons (Fsp3) is 0.818. The van der Waals surface area contributed by atoms with Crippen molar-refractivity contribution in [2.24, 2.45) is 5.92 Å². The second kappa shape index (κ2) is 9.40. The molecule has 0 amide bonds. The van der Waals surface area contributed by atoms with E-state index in [1.807, 2.05) is 6.92 Å². The Morgan fingerprint density at radius 1 is 1.32 bits per heavy atom. The number of carbonyl (C=O) groups is 2. The molecule has 2 aliphatic heterocycles. The van der Waals surface area contributed by atoms with E-state index in [2.05, 4.69) is 20.4 Å². The van der Waals surface area contributed by atoms with Crippen molar-refractivity contribution in [1.29, 1.82) is 0 Å². The number of aliphatic carboxylic acids is 1. The molecule has 5 unspecified atom stereocenters. The third-order valence-corrected chi connectivity index (χ3v) is 6.21. The van der Waals surface area contributed by atoms with Gasteiger partial charge in [-0.25, -0.2) is 0 Å². The minimum Gasteiger partial charge on any atom is -0.550 e. The number of allylic oxidation sites excluding steroid dienone is 1. The molecule has 0 aliphatic carbocycles. The fourth-order valence-electron chi connectivity index (χ4n) is 4.44. The zero-order chi connectivity index (χ0) is 20.9. The van der Waals surface area contributed by atoms with Crippen molar-refractivity contribution >= 4 is 11.9 Å². The van der Waals surface area contributed by atoms with Gasteiger partial charge in [-0.1, -0.05) is 18.9 Å². The Labute approximate surface area is 168 Å². The van der Waals surface area contributed by atoms with Crippen LogP contribution in [0.5, 0.6) is 0 Å². The molecule has 0 aromatic heterocycles. The topological polar surface area (TPSA) is 84.9 Å². The van der Waals surface area contributed by atoms with E-state index >= 15 is 0 Å². The van der Waals surface area contributed by atoms with Crippen LogP contribution in [0.1, 0.15) is 79.1 Å². The van der Waals surface area contributed by atoms with Crippen molar-refractivity contribution in [3.05, 3.63) is 12.2 Å². The van der Waals surface area contributed by atoms with E-state index in [-0.39, 0.29) is 30.5 Å². The first kappa shape index (κ1) is 22.9. The largest absolute Gasteiger partial charge is 0.550 e. The third kappa shape index (κ3) is 6.05. The maximum absolute atomic E-state index is 11.4. The summed E-state index contributed by atoms with van der Waals surface area (Å²) in [6.45, 7) is 11.8. The van der Waals surface area contributed by atoms with Gasteiger partial charge in [0.05, 0.1) is 23.9 Å². The van der Waals surface area contributed by atoms with E-state index < -0.39 is 17.2 Å². The summed E-state index contributed by atoms with van der Waals surface area (Å²) in [5, 5.41) is 11.0. The van der Waals surface area contributed by atoms with E-state index in [1.165, 1.54) is 6.92 Å². The molecule has 2 saturated heterocycles. The standard InChI is InChI=1S/C22H36O6/c1-15(2)8-9-18(27-17(4)23)16(3)7-6-11-21(5)19-10-12-22(28-19,14-26-21)13-20(24)25/h16,18-19H,1,6-14H2,2-5H3,(H,24,25)/p-1. The van der Waals surface area contributed by atoms with Gasteiger partial charge < -0.3 is 24.1 Å². The zero-order valence-electron chi connectivity index (χ0n) is 17.8. The van der Waals surface area contributed by atoms with Gasteiger partial charge in [0.15, 0.2) is 0 Å². The van der Waals surface area contributed by atoms with Crippen molar-refractivity contribution in [2.45, 2.75) is 102 Å². The van der Waals surface area contributed by atoms with Crippen LogP contribution in [0.2, 0.25) is 0 Å². The fourth-order valence-corrected chi connectivity index (χ4v) is 4.44. The van der Waals surface area contributed by atoms with Gasteiger partial charge in [-0.3, -0.25) is 4.79 Å². The quantitative estimate of drug-likeness (QED) is 0.395. The summed E-state index contributed by atoms with van der Waals surface area (Å²) in [5.41, 5.74) is -0.0228. The second-order valence-electron chi connectivity index (χ2n) is 8.99. The molecule has 6 nitrogen and oxygen atoms in total. The SMILES string of the molecule is C=C(C)CCC(OC(C)=O)C(C)CCCC1(C)OCC2(CC(=O)[O-])CCC1O2. The summed E-state index contributed by atoms with van der Waals surface area (Å²) in [6, 6.07) is 0. The predicted octanol–water partition coefficient (Wildman–Crippen LogP) is 2.93. The Bertz CT molecular complexity index is 588. The van der Waals surface area contributed by atoms with E-state index in [0.29, 0.717) is 13.0 Å². The average Bonchev–Trinajstić information content (AvgIpc) is 2.95. The highest BCUT2D eigenvalue weighted by molar-refractivity contribution is 5.66. The molecule has 2 fully saturated rings. The Hall–Kier alpha value is -1.40. The third-order valence-electron chi connectivity index (χ3n) is 6.21. The van der Waals surface area contributed by atoms with Gasteiger partial charge in [-0.15, -0.1) is 6.58 Å². The molecule has 0 aromatic rings. The predicted molar refractivity (Wildman–Crippen MR) is 103 cm³/mol. The highest BCUT2D eigenvalue weighted by Crippen LogP contribution is 2.46. The van der Waals surface area contributed by atoms with E-state index in [0.717, 1.165) is 44.1 Å². The molecule has 160 valence electrons. The smallest absolute Gasteiger partial charge is 0.302 e. The minimum absolute atomic E-state index is 0.0800. The molecule has 0 spiro atoms. The van der Waals surface area contributed by atoms with Gasteiger partial charge in [0, 0.05) is 19.3 Å². The van der Waals surface area contributed by atoms with Crippen LogP contribution in [0.4, 0.5) is 0 Å². The van der Waals surface area contributed by atoms with Gasteiger partial charge in [0.25, 0.3) is 0 Å². The van der Waals surface area contributed by atoms with Crippen molar-refractivity contribution in [2.75, 3.05) is 6.61 Å². The first-order valence-electron chi connectivity index (χ1n) is 10.4. The number of ether oxygens (including phenoxy) is 3. The van der Waals surface area contributed by atoms with Crippen LogP contribution < -0.4 is 5.11 Å². The highest BCUT2D eigenvalue weighted by atomic mass is 16.6. The average molecular weight is 396 g/mol. The molecule has 0 radical (unpaired) electrons. The lowest BCUT2D eigenvalue weighted by Gasteiger charge is -2.44. The normalized spacial score (nSPS) is 31.2. The summed E-state index contributed by atoms with van der Waals surface area (Å²) < 4.78 is 17.8. The number of hydrogen-bond acceptors (Lipinski definition) is 6. The molecule has 0 saturated carbocycles. The van der Waals surface area contributed by atoms with Crippen LogP contribution in [0, 0.1) is 5.92 Å². The maximum atomic E-state index is 11.4. The lowest BCUT2D eigenvalue weighted by Crippen LogP contribution is -2.54. The van der Waals surface area contributed by atoms with Crippen LogP contribution in [-0.4, -0.2) is 42.0 Å². The molecule has 5 atom stereocenters. The van der Waals surface area contributed by atoms with Crippen molar-refractivity contribution in [3.8, 4) is 0 Å². The summed E-state index contributed by atoms with van der Waals surface area (Å²) in [5.74, 6) is -1.09. The summed E-state index contributed by atoms with van der Waals surface area (Å²) >= 11 is 0. The molecule has 28 heavy (non-hydrogen) atoms. The second-order valence-corrected chi connectivity index (χ2v) is 8.99. The van der Waals surface area contributed by atoms with Crippen molar-refractivity contribution in [1.82, 2.24) is 0 Å². The van der Waals surface area contributed by atoms with Gasteiger partial charge in [-0.05, 0) is 58.3 Å². The number of esters is 1. The van der Waals surface area contributed by atoms with E-state index in [4.69, 9.17) is 14.2 Å². The van der Waals surface area contributed by atoms with Crippen LogP contribution in [0.25, 0.3) is 0 Å². The first-order valence-corrected chi connectivity index (χ1v) is 10.4. The van der Waals surface area contributed by atoms with E-state index in [9.17, 15) is 14.7 Å². The Morgan fingerprint density at radius 3 is 2.64 bits per heavy atom. The molecule has 2 heterocycles. The number of fused-ring (bicyclic) bond motifs is 2. The number of carboxylic acids is 1. The van der Waals surface area contributed by atoms with Crippen LogP contribution in [0.15, 0.2) is 12.2 Å². The molecule has 2 rings (SSSR count). The number of rotatable bonds is 11.